The number of hydrogen-bond acceptors (Lipinski definition) is 3. The third-order valence-corrected chi connectivity index (χ3v) is 4.10. The second kappa shape index (κ2) is 8.52. The summed E-state index contributed by atoms with van der Waals surface area (Å²) in [6, 6.07) is 0. The average molecular weight is 255 g/mol. The summed E-state index contributed by atoms with van der Waals surface area (Å²) in [4.78, 5) is 11.8. The molecule has 0 radical (unpaired) electrons. The van der Waals surface area contributed by atoms with Crippen LogP contribution in [0.3, 0.4) is 0 Å². The molecule has 1 saturated carbocycles. The molecule has 0 heterocycles. The molecule has 3 heteroatoms. The number of rotatable bonds is 7. The number of carbonyl (C=O) groups is 1. The fourth-order valence-corrected chi connectivity index (χ4v) is 2.84. The maximum absolute atomic E-state index is 11.8. The van der Waals surface area contributed by atoms with Gasteiger partial charge in [0.05, 0.1) is 0 Å². The van der Waals surface area contributed by atoms with Crippen LogP contribution < -0.4 is 5.73 Å². The highest BCUT2D eigenvalue weighted by molar-refractivity contribution is 5.69. The third kappa shape index (κ3) is 5.85. The van der Waals surface area contributed by atoms with Crippen LogP contribution in [-0.2, 0) is 9.53 Å². The summed E-state index contributed by atoms with van der Waals surface area (Å²) in [6.07, 6.45) is 8.36. The van der Waals surface area contributed by atoms with Crippen molar-refractivity contribution in [2.24, 2.45) is 17.6 Å². The molecule has 1 rings (SSSR count). The van der Waals surface area contributed by atoms with E-state index in [0.29, 0.717) is 24.8 Å². The fourth-order valence-electron chi connectivity index (χ4n) is 2.84. The molecule has 18 heavy (non-hydrogen) atoms. The van der Waals surface area contributed by atoms with Crippen molar-refractivity contribution in [2.45, 2.75) is 71.3 Å². The van der Waals surface area contributed by atoms with Crippen molar-refractivity contribution >= 4 is 5.97 Å². The standard InChI is InChI=1S/C15H29NO2/c1-3-13(9-10-16)7-8-15(17)18-14-6-4-5-12(2)11-14/h12-14H,3-11,16H2,1-2H3. The average Bonchev–Trinajstić information content (AvgIpc) is 2.34. The molecular formula is C15H29NO2. The van der Waals surface area contributed by atoms with E-state index in [1.807, 2.05) is 0 Å². The van der Waals surface area contributed by atoms with Gasteiger partial charge < -0.3 is 10.5 Å². The summed E-state index contributed by atoms with van der Waals surface area (Å²) in [5.41, 5.74) is 5.56. The quantitative estimate of drug-likeness (QED) is 0.710. The molecule has 0 amide bonds. The first-order valence-corrected chi connectivity index (χ1v) is 7.55. The minimum atomic E-state index is -0.00966. The lowest BCUT2D eigenvalue weighted by atomic mass is 9.88. The van der Waals surface area contributed by atoms with Gasteiger partial charge in [-0.3, -0.25) is 4.79 Å². The normalized spacial score (nSPS) is 25.7. The van der Waals surface area contributed by atoms with E-state index in [1.54, 1.807) is 0 Å². The molecule has 0 saturated heterocycles. The van der Waals surface area contributed by atoms with Gasteiger partial charge in [-0.1, -0.05) is 26.7 Å². The SMILES string of the molecule is CCC(CCN)CCC(=O)OC1CCCC(C)C1. The zero-order valence-corrected chi connectivity index (χ0v) is 12.0. The van der Waals surface area contributed by atoms with Gasteiger partial charge in [0.1, 0.15) is 6.10 Å². The Kier molecular flexibility index (Phi) is 7.33. The summed E-state index contributed by atoms with van der Waals surface area (Å²) >= 11 is 0. The van der Waals surface area contributed by atoms with Gasteiger partial charge >= 0.3 is 5.97 Å². The molecule has 0 aromatic heterocycles. The predicted molar refractivity (Wildman–Crippen MR) is 74.2 cm³/mol. The lowest BCUT2D eigenvalue weighted by Crippen LogP contribution is -2.24. The molecule has 0 aromatic rings. The number of hydrogen-bond donors (Lipinski definition) is 1. The van der Waals surface area contributed by atoms with Crippen molar-refractivity contribution < 1.29 is 9.53 Å². The van der Waals surface area contributed by atoms with E-state index in [4.69, 9.17) is 10.5 Å². The Bertz CT molecular complexity index is 243. The Hall–Kier alpha value is -0.570. The van der Waals surface area contributed by atoms with Gasteiger partial charge in [-0.05, 0) is 50.5 Å². The molecule has 0 spiro atoms. The molecular weight excluding hydrogens is 226 g/mol. The van der Waals surface area contributed by atoms with Crippen LogP contribution in [0.5, 0.6) is 0 Å². The number of esters is 1. The highest BCUT2D eigenvalue weighted by atomic mass is 16.5. The highest BCUT2D eigenvalue weighted by Gasteiger charge is 2.22. The molecule has 0 aromatic carbocycles. The minimum absolute atomic E-state index is 0.00966. The summed E-state index contributed by atoms with van der Waals surface area (Å²) in [5.74, 6) is 1.27. The summed E-state index contributed by atoms with van der Waals surface area (Å²) in [6.45, 7) is 5.12. The molecule has 0 aliphatic heterocycles. The van der Waals surface area contributed by atoms with Gasteiger partial charge in [-0.2, -0.15) is 0 Å². The third-order valence-electron chi connectivity index (χ3n) is 4.10. The van der Waals surface area contributed by atoms with Crippen LogP contribution in [0.4, 0.5) is 0 Å². The van der Waals surface area contributed by atoms with Crippen LogP contribution in [0.1, 0.15) is 65.2 Å². The maximum atomic E-state index is 11.8. The molecule has 1 aliphatic rings. The van der Waals surface area contributed by atoms with Gasteiger partial charge in [0, 0.05) is 6.42 Å². The fraction of sp³-hybridized carbons (Fsp3) is 0.933. The predicted octanol–water partition coefficient (Wildman–Crippen LogP) is 3.26. The first kappa shape index (κ1) is 15.5. The van der Waals surface area contributed by atoms with Crippen LogP contribution in [0.15, 0.2) is 0 Å². The number of ether oxygens (including phenoxy) is 1. The minimum Gasteiger partial charge on any atom is -0.462 e. The molecule has 3 atom stereocenters. The van der Waals surface area contributed by atoms with Crippen molar-refractivity contribution in [3.05, 3.63) is 0 Å². The van der Waals surface area contributed by atoms with E-state index >= 15 is 0 Å². The highest BCUT2D eigenvalue weighted by Crippen LogP contribution is 2.26. The van der Waals surface area contributed by atoms with E-state index in [9.17, 15) is 4.79 Å². The van der Waals surface area contributed by atoms with E-state index in [0.717, 1.165) is 32.1 Å². The smallest absolute Gasteiger partial charge is 0.306 e. The summed E-state index contributed by atoms with van der Waals surface area (Å²) in [5, 5.41) is 0. The molecule has 3 nitrogen and oxygen atoms in total. The Morgan fingerprint density at radius 1 is 1.39 bits per heavy atom. The zero-order valence-electron chi connectivity index (χ0n) is 12.0. The molecule has 2 N–H and O–H groups in total. The van der Waals surface area contributed by atoms with Crippen molar-refractivity contribution in [2.75, 3.05) is 6.54 Å². The van der Waals surface area contributed by atoms with Gasteiger partial charge in [0.25, 0.3) is 0 Å². The van der Waals surface area contributed by atoms with Crippen molar-refractivity contribution in [1.82, 2.24) is 0 Å². The number of carbonyl (C=O) groups excluding carboxylic acids is 1. The Morgan fingerprint density at radius 2 is 2.17 bits per heavy atom. The molecule has 1 fully saturated rings. The van der Waals surface area contributed by atoms with E-state index < -0.39 is 0 Å². The van der Waals surface area contributed by atoms with Crippen LogP contribution in [-0.4, -0.2) is 18.6 Å². The topological polar surface area (TPSA) is 52.3 Å². The zero-order chi connectivity index (χ0) is 13.4. The lowest BCUT2D eigenvalue weighted by molar-refractivity contribution is -0.151. The second-order valence-corrected chi connectivity index (χ2v) is 5.77. The van der Waals surface area contributed by atoms with E-state index in [1.165, 1.54) is 12.8 Å². The van der Waals surface area contributed by atoms with Crippen LogP contribution in [0.25, 0.3) is 0 Å². The van der Waals surface area contributed by atoms with E-state index in [2.05, 4.69) is 13.8 Å². The van der Waals surface area contributed by atoms with Gasteiger partial charge in [-0.25, -0.2) is 0 Å². The van der Waals surface area contributed by atoms with Gasteiger partial charge in [-0.15, -0.1) is 0 Å². The van der Waals surface area contributed by atoms with Crippen molar-refractivity contribution in [3.8, 4) is 0 Å². The first-order chi connectivity index (χ1) is 8.65. The monoisotopic (exact) mass is 255 g/mol. The van der Waals surface area contributed by atoms with Gasteiger partial charge in [0.2, 0.25) is 0 Å². The Morgan fingerprint density at radius 3 is 2.78 bits per heavy atom. The summed E-state index contributed by atoms with van der Waals surface area (Å²) in [7, 11) is 0. The van der Waals surface area contributed by atoms with Crippen molar-refractivity contribution in [3.63, 3.8) is 0 Å². The molecule has 106 valence electrons. The summed E-state index contributed by atoms with van der Waals surface area (Å²) < 4.78 is 5.56. The molecule has 3 unspecified atom stereocenters. The maximum Gasteiger partial charge on any atom is 0.306 e. The van der Waals surface area contributed by atoms with Crippen molar-refractivity contribution in [1.29, 1.82) is 0 Å². The second-order valence-electron chi connectivity index (χ2n) is 5.77. The van der Waals surface area contributed by atoms with E-state index in [-0.39, 0.29) is 12.1 Å². The van der Waals surface area contributed by atoms with Crippen LogP contribution in [0, 0.1) is 11.8 Å². The van der Waals surface area contributed by atoms with Gasteiger partial charge in [0.15, 0.2) is 0 Å². The lowest BCUT2D eigenvalue weighted by Gasteiger charge is -2.26. The molecule has 0 bridgehead atoms. The van der Waals surface area contributed by atoms with Crippen LogP contribution in [0.2, 0.25) is 0 Å². The largest absolute Gasteiger partial charge is 0.462 e. The first-order valence-electron chi connectivity index (χ1n) is 7.55. The van der Waals surface area contributed by atoms with Crippen LogP contribution >= 0.6 is 0 Å². The number of nitrogens with two attached hydrogens (primary N) is 1. The Labute approximate surface area is 111 Å². The molecule has 1 aliphatic carbocycles. The Balaban J connectivity index is 2.20.